The normalized spacial score (nSPS) is 9.50. The van der Waals surface area contributed by atoms with Crippen molar-refractivity contribution in [2.75, 3.05) is 5.73 Å². The van der Waals surface area contributed by atoms with Gasteiger partial charge in [-0.2, -0.15) is 0 Å². The number of anilines is 1. The van der Waals surface area contributed by atoms with Crippen molar-refractivity contribution in [3.05, 3.63) is 30.1 Å². The molecule has 2 N–H and O–H groups in total. The Balaban J connectivity index is 0. The second kappa shape index (κ2) is 7.23. The van der Waals surface area contributed by atoms with Crippen molar-refractivity contribution in [1.29, 1.82) is 0 Å². The van der Waals surface area contributed by atoms with Gasteiger partial charge in [-0.3, -0.25) is 0 Å². The van der Waals surface area contributed by atoms with E-state index in [9.17, 15) is 9.50 Å². The van der Waals surface area contributed by atoms with E-state index in [2.05, 4.69) is 0 Å². The zero-order chi connectivity index (χ0) is 10.5. The maximum Gasteiger partial charge on any atom is 1.00 e. The first kappa shape index (κ1) is 16.3. The molecule has 1 aromatic rings. The molecule has 14 heavy (non-hydrogen) atoms. The monoisotopic (exact) mass is 207 g/mol. The molecule has 4 heteroatoms. The van der Waals surface area contributed by atoms with Crippen molar-refractivity contribution in [2.45, 2.75) is 26.4 Å². The van der Waals surface area contributed by atoms with Crippen molar-refractivity contribution >= 4 is 5.69 Å². The molecule has 2 nitrogen and oxygen atoms in total. The Morgan fingerprint density at radius 2 is 1.43 bits per heavy atom. The first-order chi connectivity index (χ1) is 5.79. The number of hydrogen-bond donors (Lipinski definition) is 1. The summed E-state index contributed by atoms with van der Waals surface area (Å²) in [7, 11) is 0. The molecule has 0 heterocycles. The van der Waals surface area contributed by atoms with Crippen LogP contribution in [-0.2, 0) is 0 Å². The van der Waals surface area contributed by atoms with Crippen molar-refractivity contribution in [3.63, 3.8) is 0 Å². The average Bonchev–Trinajstić information content (AvgIpc) is 1.92. The second-order valence-corrected chi connectivity index (χ2v) is 3.66. The first-order valence-electron chi connectivity index (χ1n) is 4.00. The molecule has 0 unspecified atom stereocenters. The Bertz CT molecular complexity index is 216. The van der Waals surface area contributed by atoms with Crippen LogP contribution < -0.4 is 40.4 Å². The Hall–Kier alpha value is -0.0900. The van der Waals surface area contributed by atoms with Crippen LogP contribution >= 0.6 is 0 Å². The molecule has 0 spiro atoms. The summed E-state index contributed by atoms with van der Waals surface area (Å²) in [5.74, 6) is -0.251. The van der Waals surface area contributed by atoms with Crippen LogP contribution in [-0.4, -0.2) is 5.60 Å². The van der Waals surface area contributed by atoms with Gasteiger partial charge >= 0.3 is 29.6 Å². The maximum absolute atomic E-state index is 12.0. The largest absolute Gasteiger partial charge is 1.00 e. The molecule has 0 atom stereocenters. The van der Waals surface area contributed by atoms with Gasteiger partial charge in [-0.05, 0) is 24.3 Å². The Kier molecular flexibility index (Phi) is 8.45. The van der Waals surface area contributed by atoms with Gasteiger partial charge in [0.05, 0.1) is 0 Å². The van der Waals surface area contributed by atoms with E-state index in [0.717, 1.165) is 0 Å². The summed E-state index contributed by atoms with van der Waals surface area (Å²) in [5, 5.41) is 10.1. The van der Waals surface area contributed by atoms with Gasteiger partial charge in [0.1, 0.15) is 5.82 Å². The predicted octanol–water partition coefficient (Wildman–Crippen LogP) is -1.44. The van der Waals surface area contributed by atoms with Crippen LogP contribution in [0.15, 0.2) is 24.3 Å². The quantitative estimate of drug-likeness (QED) is 0.418. The SMILES string of the molecule is CC(C)(C)[O-].Nc1ccc(F)cc1.[Na+]. The minimum absolute atomic E-state index is 0. The van der Waals surface area contributed by atoms with E-state index < -0.39 is 5.60 Å². The molecule has 0 aliphatic carbocycles. The van der Waals surface area contributed by atoms with Crippen LogP contribution in [0.5, 0.6) is 0 Å². The van der Waals surface area contributed by atoms with Crippen LogP contribution in [0.3, 0.4) is 0 Å². The van der Waals surface area contributed by atoms with Crippen LogP contribution in [0.25, 0.3) is 0 Å². The van der Waals surface area contributed by atoms with Crippen LogP contribution in [0.1, 0.15) is 20.8 Å². The zero-order valence-corrected chi connectivity index (χ0v) is 11.2. The number of halogens is 1. The first-order valence-corrected chi connectivity index (χ1v) is 4.00. The van der Waals surface area contributed by atoms with E-state index in [1.165, 1.54) is 24.3 Å². The number of benzene rings is 1. The smallest absolute Gasteiger partial charge is 0.850 e. The van der Waals surface area contributed by atoms with Gasteiger partial charge < -0.3 is 10.8 Å². The molecule has 0 aliphatic heterocycles. The van der Waals surface area contributed by atoms with E-state index in [1.807, 2.05) is 0 Å². The molecule has 74 valence electrons. The minimum atomic E-state index is -0.750. The van der Waals surface area contributed by atoms with E-state index >= 15 is 0 Å². The summed E-state index contributed by atoms with van der Waals surface area (Å²) in [6, 6.07) is 5.70. The summed E-state index contributed by atoms with van der Waals surface area (Å²) in [4.78, 5) is 0. The van der Waals surface area contributed by atoms with E-state index in [4.69, 9.17) is 5.73 Å². The standard InChI is InChI=1S/C6H6FN.C4H9O.Na/c7-5-1-3-6(8)4-2-5;1-4(2,3)5;/h1-4H,8H2;1-3H3;/q;-1;+1. The number of hydrogen-bond acceptors (Lipinski definition) is 2. The number of rotatable bonds is 0. The molecule has 0 aromatic heterocycles. The Morgan fingerprint density at radius 1 is 1.14 bits per heavy atom. The van der Waals surface area contributed by atoms with E-state index in [1.54, 1.807) is 20.8 Å². The molecule has 1 aromatic carbocycles. The molecule has 0 amide bonds. The summed E-state index contributed by atoms with van der Waals surface area (Å²) < 4.78 is 12.0. The Morgan fingerprint density at radius 3 is 1.64 bits per heavy atom. The molecule has 0 saturated carbocycles. The third-order valence-corrected chi connectivity index (χ3v) is 0.870. The van der Waals surface area contributed by atoms with Crippen LogP contribution in [0.2, 0.25) is 0 Å². The molecule has 0 aliphatic rings. The fraction of sp³-hybridized carbons (Fsp3) is 0.400. The summed E-state index contributed by atoms with van der Waals surface area (Å²) in [5.41, 5.74) is 5.10. The Labute approximate surface area is 107 Å². The summed E-state index contributed by atoms with van der Waals surface area (Å²) in [6.07, 6.45) is 0. The van der Waals surface area contributed by atoms with Gasteiger partial charge in [-0.1, -0.05) is 20.8 Å². The molecule has 0 bridgehead atoms. The summed E-state index contributed by atoms with van der Waals surface area (Å²) >= 11 is 0. The van der Waals surface area contributed by atoms with Crippen molar-refractivity contribution < 1.29 is 39.1 Å². The van der Waals surface area contributed by atoms with Gasteiger partial charge in [0.2, 0.25) is 0 Å². The minimum Gasteiger partial charge on any atom is -0.850 e. The average molecular weight is 207 g/mol. The van der Waals surface area contributed by atoms with E-state index in [-0.39, 0.29) is 35.4 Å². The van der Waals surface area contributed by atoms with Gasteiger partial charge in [0.15, 0.2) is 0 Å². The van der Waals surface area contributed by atoms with Crippen molar-refractivity contribution in [3.8, 4) is 0 Å². The maximum atomic E-state index is 12.0. The number of nitrogens with two attached hydrogens (primary N) is 1. The second-order valence-electron chi connectivity index (χ2n) is 3.66. The van der Waals surface area contributed by atoms with Gasteiger partial charge in [0.25, 0.3) is 0 Å². The van der Waals surface area contributed by atoms with Crippen LogP contribution in [0, 0.1) is 5.82 Å². The third kappa shape index (κ3) is 14.4. The van der Waals surface area contributed by atoms with Crippen molar-refractivity contribution in [2.24, 2.45) is 0 Å². The molecule has 0 fully saturated rings. The van der Waals surface area contributed by atoms with Crippen LogP contribution in [0.4, 0.5) is 10.1 Å². The fourth-order valence-corrected chi connectivity index (χ4v) is 0.463. The zero-order valence-electron chi connectivity index (χ0n) is 9.17. The fourth-order valence-electron chi connectivity index (χ4n) is 0.463. The third-order valence-electron chi connectivity index (χ3n) is 0.870. The molecule has 1 rings (SSSR count). The molecule has 0 saturated heterocycles. The molecular formula is C10H15FNNaO. The topological polar surface area (TPSA) is 49.1 Å². The predicted molar refractivity (Wildman–Crippen MR) is 50.6 cm³/mol. The van der Waals surface area contributed by atoms with Gasteiger partial charge in [-0.15, -0.1) is 5.60 Å². The van der Waals surface area contributed by atoms with Gasteiger partial charge in [0, 0.05) is 5.69 Å². The molecular weight excluding hydrogens is 192 g/mol. The number of nitrogen functional groups attached to an aromatic ring is 1. The molecule has 0 radical (unpaired) electrons. The van der Waals surface area contributed by atoms with Gasteiger partial charge in [-0.25, -0.2) is 4.39 Å². The van der Waals surface area contributed by atoms with Crippen molar-refractivity contribution in [1.82, 2.24) is 0 Å². The van der Waals surface area contributed by atoms with E-state index in [0.29, 0.717) is 5.69 Å². The summed E-state index contributed by atoms with van der Waals surface area (Å²) in [6.45, 7) is 4.90.